The van der Waals surface area contributed by atoms with Gasteiger partial charge in [-0.25, -0.2) is 22.4 Å². The van der Waals surface area contributed by atoms with Crippen LogP contribution in [-0.2, 0) is 37.1 Å². The highest BCUT2D eigenvalue weighted by molar-refractivity contribution is 7.89. The van der Waals surface area contributed by atoms with E-state index >= 15 is 0 Å². The number of aromatic nitrogens is 8. The van der Waals surface area contributed by atoms with E-state index in [4.69, 9.17) is 0 Å². The number of unbranched alkanes of at least 4 members (excludes halogenated alkanes) is 5. The molecule has 0 aliphatic heterocycles. The molecule has 1 aliphatic carbocycles. The van der Waals surface area contributed by atoms with Gasteiger partial charge in [-0.15, -0.1) is 20.4 Å². The quantitative estimate of drug-likeness (QED) is 0.0872. The Kier molecular flexibility index (Phi) is 10.4. The van der Waals surface area contributed by atoms with Gasteiger partial charge < -0.3 is 14.8 Å². The van der Waals surface area contributed by atoms with E-state index < -0.39 is 55.9 Å². The standard InChI is InChI=1S/C31H46N10O7S2/c1-9-10-11-12-13-14-15-50(47,48)39-17(3)27-33-35-29-21(25(31(7,8)44)37-41(27)29)19-22(42)18(23(19)43)20-24(30(4,5)6)36-40-26(32-34-28(20)40)16(2)38-49(45)46/h16-17,37-39,42,44H,9-15H2,1-8H3,(H,45,46)/p-1/b20-18+. The maximum Gasteiger partial charge on any atom is 0.212 e. The first-order valence-electron chi connectivity index (χ1n) is 16.6. The average molecular weight is 734 g/mol. The molecule has 4 aromatic rings. The Labute approximate surface area is 292 Å². The number of fused-ring (bicyclic) bond motifs is 2. The van der Waals surface area contributed by atoms with E-state index in [1.807, 2.05) is 20.8 Å². The van der Waals surface area contributed by atoms with Gasteiger partial charge in [-0.2, -0.15) is 9.61 Å². The predicted molar refractivity (Wildman–Crippen MR) is 184 cm³/mol. The lowest BCUT2D eigenvalue weighted by Crippen LogP contribution is -2.32. The number of aromatic amines is 1. The highest BCUT2D eigenvalue weighted by atomic mass is 32.2. The monoisotopic (exact) mass is 733 g/mol. The topological polar surface area (TPSA) is 245 Å². The Morgan fingerprint density at radius 2 is 1.56 bits per heavy atom. The van der Waals surface area contributed by atoms with Gasteiger partial charge in [0.2, 0.25) is 15.8 Å². The third-order valence-electron chi connectivity index (χ3n) is 8.63. The fourth-order valence-electron chi connectivity index (χ4n) is 6.15. The van der Waals surface area contributed by atoms with Gasteiger partial charge in [-0.1, -0.05) is 59.8 Å². The Morgan fingerprint density at radius 1 is 0.940 bits per heavy atom. The molecule has 0 fully saturated rings. The third kappa shape index (κ3) is 7.11. The van der Waals surface area contributed by atoms with E-state index in [0.717, 1.165) is 32.1 Å². The normalized spacial score (nSPS) is 17.6. The SMILES string of the molecule is CCCCCCCCS(=O)(=O)NC(C)c1nnc2c(C3=C(O)/C(=c4/c(C(C)(C)C)nn5c(C(C)NS(=O)[O-])nnc45)C3=O)c(C(C)(C)O)[nH]n12. The van der Waals surface area contributed by atoms with Gasteiger partial charge in [0.1, 0.15) is 11.4 Å². The molecule has 0 saturated carbocycles. The average Bonchev–Trinajstić information content (AvgIpc) is 3.75. The highest BCUT2D eigenvalue weighted by Crippen LogP contribution is 2.42. The fourth-order valence-corrected chi connectivity index (χ4v) is 7.89. The van der Waals surface area contributed by atoms with E-state index in [1.165, 1.54) is 22.9 Å². The molecule has 0 radical (unpaired) electrons. The number of aliphatic hydroxyl groups is 2. The summed E-state index contributed by atoms with van der Waals surface area (Å²) in [4.78, 5) is 14.1. The van der Waals surface area contributed by atoms with Crippen molar-refractivity contribution in [2.75, 3.05) is 5.75 Å². The second-order valence-electron chi connectivity index (χ2n) is 14.3. The summed E-state index contributed by atoms with van der Waals surface area (Å²) in [5.74, 6) is -0.638. The van der Waals surface area contributed by atoms with Gasteiger partial charge in [0, 0.05) is 16.7 Å². The summed E-state index contributed by atoms with van der Waals surface area (Å²) in [5, 5.41) is 47.5. The number of H-pyrrole nitrogens is 1. The molecule has 3 atom stereocenters. The first kappa shape index (κ1) is 37.6. The number of carbonyl (C=O) groups is 1. The first-order valence-corrected chi connectivity index (χ1v) is 19.3. The van der Waals surface area contributed by atoms with Crippen LogP contribution in [-0.4, -0.2) is 78.6 Å². The van der Waals surface area contributed by atoms with Crippen molar-refractivity contribution >= 4 is 49.5 Å². The van der Waals surface area contributed by atoms with Crippen molar-refractivity contribution in [1.82, 2.24) is 49.1 Å². The molecule has 3 unspecified atom stereocenters. The minimum atomic E-state index is -3.66. The Hall–Kier alpha value is -3.62. The van der Waals surface area contributed by atoms with Gasteiger partial charge in [-0.3, -0.25) is 14.1 Å². The van der Waals surface area contributed by atoms with Gasteiger partial charge in [0.05, 0.1) is 51.2 Å². The summed E-state index contributed by atoms with van der Waals surface area (Å²) in [5.41, 5.74) is -1.48. The van der Waals surface area contributed by atoms with Crippen LogP contribution in [0.3, 0.4) is 0 Å². The number of carbonyl (C=O) groups excluding carboxylic acids is 1. The largest absolute Gasteiger partial charge is 0.760 e. The number of rotatable bonds is 15. The fraction of sp³-hybridized carbons (Fsp3) is 0.613. The number of sulfonamides is 1. The Bertz CT molecular complexity index is 2150. The van der Waals surface area contributed by atoms with Gasteiger partial charge >= 0.3 is 0 Å². The van der Waals surface area contributed by atoms with Crippen LogP contribution in [0.2, 0.25) is 0 Å². The van der Waals surface area contributed by atoms with Crippen molar-refractivity contribution < 1.29 is 32.2 Å². The molecule has 0 amide bonds. The second-order valence-corrected chi connectivity index (χ2v) is 16.9. The van der Waals surface area contributed by atoms with E-state index in [0.29, 0.717) is 12.1 Å². The van der Waals surface area contributed by atoms with Crippen LogP contribution in [0.4, 0.5) is 0 Å². The molecule has 5 rings (SSSR count). The molecule has 50 heavy (non-hydrogen) atoms. The Morgan fingerprint density at radius 3 is 2.16 bits per heavy atom. The van der Waals surface area contributed by atoms with Gasteiger partial charge in [0.25, 0.3) is 0 Å². The zero-order valence-electron chi connectivity index (χ0n) is 29.5. The van der Waals surface area contributed by atoms with E-state index in [2.05, 4.69) is 47.0 Å². The van der Waals surface area contributed by atoms with E-state index in [-0.39, 0.29) is 56.3 Å². The van der Waals surface area contributed by atoms with Crippen molar-refractivity contribution in [3.8, 4) is 0 Å². The summed E-state index contributed by atoms with van der Waals surface area (Å²) < 4.78 is 56.1. The van der Waals surface area contributed by atoms with Crippen molar-refractivity contribution in [2.24, 2.45) is 0 Å². The van der Waals surface area contributed by atoms with Crippen molar-refractivity contribution in [2.45, 2.75) is 117 Å². The number of ketones is 1. The third-order valence-corrected chi connectivity index (χ3v) is 10.7. The van der Waals surface area contributed by atoms with Crippen LogP contribution in [0.5, 0.6) is 0 Å². The number of hydrogen-bond donors (Lipinski definition) is 5. The molecule has 0 aromatic carbocycles. The van der Waals surface area contributed by atoms with Crippen molar-refractivity contribution in [3.63, 3.8) is 0 Å². The van der Waals surface area contributed by atoms with Crippen LogP contribution < -0.4 is 14.7 Å². The van der Waals surface area contributed by atoms with E-state index in [1.54, 1.807) is 13.8 Å². The van der Waals surface area contributed by atoms with Crippen LogP contribution in [0.1, 0.15) is 135 Å². The molecule has 1 aliphatic rings. The van der Waals surface area contributed by atoms with Crippen LogP contribution >= 0.6 is 0 Å². The molecule has 0 bridgehead atoms. The molecule has 19 heteroatoms. The minimum Gasteiger partial charge on any atom is -0.760 e. The number of allylic oxidation sites excluding steroid dienone is 2. The zero-order valence-corrected chi connectivity index (χ0v) is 31.1. The molecule has 4 aromatic heterocycles. The summed E-state index contributed by atoms with van der Waals surface area (Å²) in [6.07, 6.45) is 5.62. The molecular formula is C31H45N10O7S2-. The smallest absolute Gasteiger partial charge is 0.212 e. The van der Waals surface area contributed by atoms with Crippen LogP contribution in [0, 0.1) is 0 Å². The molecule has 0 saturated heterocycles. The number of nitrogens with zero attached hydrogens (tertiary/aromatic N) is 7. The van der Waals surface area contributed by atoms with Crippen LogP contribution in [0.15, 0.2) is 5.76 Å². The lowest BCUT2D eigenvalue weighted by atomic mass is 9.79. The summed E-state index contributed by atoms with van der Waals surface area (Å²) in [6, 6.07) is -1.62. The highest BCUT2D eigenvalue weighted by Gasteiger charge is 2.44. The number of Topliss-reactive ketones (excluding diaryl/α,β-unsaturated/α-hetero) is 1. The lowest BCUT2D eigenvalue weighted by molar-refractivity contribution is -0.109. The Balaban J connectivity index is 1.58. The minimum absolute atomic E-state index is 0.0360. The van der Waals surface area contributed by atoms with Crippen molar-refractivity contribution in [3.05, 3.63) is 39.6 Å². The van der Waals surface area contributed by atoms with Crippen LogP contribution in [0.25, 0.3) is 22.4 Å². The lowest BCUT2D eigenvalue weighted by Gasteiger charge is -2.25. The maximum absolute atomic E-state index is 14.1. The first-order chi connectivity index (χ1) is 23.3. The van der Waals surface area contributed by atoms with E-state index in [9.17, 15) is 32.2 Å². The number of hydrogen-bond acceptors (Lipinski definition) is 12. The molecule has 0 spiro atoms. The summed E-state index contributed by atoms with van der Waals surface area (Å²) in [7, 11) is -3.66. The van der Waals surface area contributed by atoms with Crippen molar-refractivity contribution in [1.29, 1.82) is 0 Å². The summed E-state index contributed by atoms with van der Waals surface area (Å²) >= 11 is -2.59. The molecule has 5 N–H and O–H groups in total. The number of nitrogens with one attached hydrogen (secondary N) is 3. The second kappa shape index (κ2) is 13.8. The number of aliphatic hydroxyl groups excluding tert-OH is 1. The summed E-state index contributed by atoms with van der Waals surface area (Å²) in [6.45, 7) is 13.9. The molecule has 4 heterocycles. The maximum atomic E-state index is 14.1. The molecule has 17 nitrogen and oxygen atoms in total. The molecular weight excluding hydrogens is 689 g/mol. The molecule has 274 valence electrons. The van der Waals surface area contributed by atoms with Gasteiger partial charge in [0.15, 0.2) is 22.9 Å². The zero-order chi connectivity index (χ0) is 36.9. The predicted octanol–water partition coefficient (Wildman–Crippen LogP) is 2.23. The van der Waals surface area contributed by atoms with Gasteiger partial charge in [-0.05, 0) is 34.1 Å².